The molecule has 0 radical (unpaired) electrons. The van der Waals surface area contributed by atoms with Crippen LogP contribution in [0.15, 0.2) is 97.3 Å². The van der Waals surface area contributed by atoms with E-state index in [1.54, 1.807) is 6.20 Å². The van der Waals surface area contributed by atoms with Crippen molar-refractivity contribution >= 4 is 0 Å². The van der Waals surface area contributed by atoms with Crippen LogP contribution in [0.1, 0.15) is 11.1 Å². The molecule has 4 nitrogen and oxygen atoms in total. The van der Waals surface area contributed by atoms with Gasteiger partial charge in [-0.2, -0.15) is 0 Å². The van der Waals surface area contributed by atoms with Crippen molar-refractivity contribution in [1.29, 1.82) is 0 Å². The zero-order chi connectivity index (χ0) is 21.2. The van der Waals surface area contributed by atoms with Crippen LogP contribution in [0.25, 0.3) is 39.6 Å². The molecule has 2 aromatic heterocycles. The Bertz CT molecular complexity index is 1240. The third-order valence-corrected chi connectivity index (χ3v) is 5.40. The first-order valence-electron chi connectivity index (χ1n) is 10.3. The predicted octanol–water partition coefficient (Wildman–Crippen LogP) is 6.28. The van der Waals surface area contributed by atoms with Crippen LogP contribution < -0.4 is 0 Å². The molecule has 0 spiro atoms. The SMILES string of the molecule is Cc1ccc(-c2nnc(-c3ccc(C)cc3)n2-c2ccc(-c3cccnc3)cc2)cc1. The molecule has 0 fully saturated rings. The van der Waals surface area contributed by atoms with Crippen LogP contribution in [-0.4, -0.2) is 19.7 Å². The van der Waals surface area contributed by atoms with Crippen molar-refractivity contribution in [3.63, 3.8) is 0 Å². The van der Waals surface area contributed by atoms with Gasteiger partial charge in [0.2, 0.25) is 0 Å². The maximum Gasteiger partial charge on any atom is 0.168 e. The van der Waals surface area contributed by atoms with Gasteiger partial charge in [0.05, 0.1) is 0 Å². The average Bonchev–Trinajstić information content (AvgIpc) is 3.26. The Morgan fingerprint density at radius 2 is 1.06 bits per heavy atom. The van der Waals surface area contributed by atoms with Crippen LogP contribution in [-0.2, 0) is 0 Å². The minimum atomic E-state index is 0.824. The van der Waals surface area contributed by atoms with Gasteiger partial charge in [0, 0.05) is 29.2 Å². The molecule has 0 bridgehead atoms. The minimum Gasteiger partial charge on any atom is -0.275 e. The molecular weight excluding hydrogens is 380 g/mol. The molecule has 5 aromatic rings. The molecule has 5 rings (SSSR count). The maximum absolute atomic E-state index is 4.57. The number of benzene rings is 3. The highest BCUT2D eigenvalue weighted by Gasteiger charge is 2.17. The van der Waals surface area contributed by atoms with Gasteiger partial charge < -0.3 is 0 Å². The van der Waals surface area contributed by atoms with E-state index >= 15 is 0 Å². The van der Waals surface area contributed by atoms with Crippen LogP contribution in [0, 0.1) is 13.8 Å². The van der Waals surface area contributed by atoms with Gasteiger partial charge in [0.1, 0.15) is 0 Å². The van der Waals surface area contributed by atoms with Crippen molar-refractivity contribution < 1.29 is 0 Å². The molecular formula is C27H22N4. The molecule has 0 unspecified atom stereocenters. The van der Waals surface area contributed by atoms with Gasteiger partial charge in [-0.15, -0.1) is 10.2 Å². The number of pyridine rings is 1. The molecule has 0 saturated heterocycles. The van der Waals surface area contributed by atoms with Crippen LogP contribution in [0.2, 0.25) is 0 Å². The van der Waals surface area contributed by atoms with Crippen molar-refractivity contribution in [2.24, 2.45) is 0 Å². The number of hydrogen-bond acceptors (Lipinski definition) is 3. The lowest BCUT2D eigenvalue weighted by molar-refractivity contribution is 1.07. The summed E-state index contributed by atoms with van der Waals surface area (Å²) >= 11 is 0. The molecule has 31 heavy (non-hydrogen) atoms. The van der Waals surface area contributed by atoms with E-state index in [-0.39, 0.29) is 0 Å². The average molecular weight is 403 g/mol. The van der Waals surface area contributed by atoms with Gasteiger partial charge in [0.15, 0.2) is 11.6 Å². The molecule has 2 heterocycles. The molecule has 3 aromatic carbocycles. The monoisotopic (exact) mass is 402 g/mol. The summed E-state index contributed by atoms with van der Waals surface area (Å²) in [4.78, 5) is 4.23. The molecule has 4 heteroatoms. The zero-order valence-corrected chi connectivity index (χ0v) is 17.5. The second-order valence-corrected chi connectivity index (χ2v) is 7.70. The minimum absolute atomic E-state index is 0.824. The summed E-state index contributed by atoms with van der Waals surface area (Å²) in [7, 11) is 0. The lowest BCUT2D eigenvalue weighted by atomic mass is 10.1. The van der Waals surface area contributed by atoms with E-state index in [2.05, 4.69) is 112 Å². The van der Waals surface area contributed by atoms with Crippen molar-refractivity contribution in [2.45, 2.75) is 13.8 Å². The van der Waals surface area contributed by atoms with E-state index < -0.39 is 0 Å². The van der Waals surface area contributed by atoms with Crippen LogP contribution >= 0.6 is 0 Å². The number of aryl methyl sites for hydroxylation is 2. The van der Waals surface area contributed by atoms with Gasteiger partial charge >= 0.3 is 0 Å². The van der Waals surface area contributed by atoms with Crippen molar-refractivity contribution in [2.75, 3.05) is 0 Å². The van der Waals surface area contributed by atoms with Gasteiger partial charge in [-0.1, -0.05) is 77.9 Å². The Morgan fingerprint density at radius 1 is 0.548 bits per heavy atom. The third-order valence-electron chi connectivity index (χ3n) is 5.40. The topological polar surface area (TPSA) is 43.6 Å². The third kappa shape index (κ3) is 3.76. The first-order valence-corrected chi connectivity index (χ1v) is 10.3. The largest absolute Gasteiger partial charge is 0.275 e. The Kier molecular flexibility index (Phi) is 4.89. The summed E-state index contributed by atoms with van der Waals surface area (Å²) in [5.74, 6) is 1.65. The normalized spacial score (nSPS) is 10.9. The lowest BCUT2D eigenvalue weighted by Crippen LogP contribution is -2.00. The first-order chi connectivity index (χ1) is 15.2. The van der Waals surface area contributed by atoms with Gasteiger partial charge in [-0.3, -0.25) is 9.55 Å². The van der Waals surface area contributed by atoms with E-state index in [1.165, 1.54) is 11.1 Å². The van der Waals surface area contributed by atoms with Crippen molar-refractivity contribution in [3.05, 3.63) is 108 Å². The molecule has 0 aliphatic rings. The lowest BCUT2D eigenvalue weighted by Gasteiger charge is -2.12. The molecule has 0 saturated carbocycles. The second-order valence-electron chi connectivity index (χ2n) is 7.70. The van der Waals surface area contributed by atoms with Crippen molar-refractivity contribution in [1.82, 2.24) is 19.7 Å². The summed E-state index contributed by atoms with van der Waals surface area (Å²) in [5, 5.41) is 9.15. The predicted molar refractivity (Wildman–Crippen MR) is 125 cm³/mol. The molecule has 0 aliphatic carbocycles. The van der Waals surface area contributed by atoms with Crippen LogP contribution in [0.4, 0.5) is 0 Å². The summed E-state index contributed by atoms with van der Waals surface area (Å²) in [6.07, 6.45) is 3.67. The van der Waals surface area contributed by atoms with Crippen LogP contribution in [0.5, 0.6) is 0 Å². The van der Waals surface area contributed by atoms with E-state index in [1.807, 2.05) is 12.3 Å². The highest BCUT2D eigenvalue weighted by atomic mass is 15.3. The highest BCUT2D eigenvalue weighted by molar-refractivity contribution is 5.69. The Hall–Kier alpha value is -4.05. The van der Waals surface area contributed by atoms with E-state index in [4.69, 9.17) is 0 Å². The molecule has 150 valence electrons. The summed E-state index contributed by atoms with van der Waals surface area (Å²) in [6, 6.07) is 29.3. The fraction of sp³-hybridized carbons (Fsp3) is 0.0741. The molecule has 0 atom stereocenters. The fourth-order valence-corrected chi connectivity index (χ4v) is 3.64. The van der Waals surface area contributed by atoms with Gasteiger partial charge in [-0.25, -0.2) is 0 Å². The number of hydrogen-bond donors (Lipinski definition) is 0. The Labute approximate surface area is 181 Å². The number of aromatic nitrogens is 4. The highest BCUT2D eigenvalue weighted by Crippen LogP contribution is 2.30. The van der Waals surface area contributed by atoms with Crippen molar-refractivity contribution in [3.8, 4) is 39.6 Å². The number of rotatable bonds is 4. The standard InChI is InChI=1S/C27H22N4/c1-19-5-9-22(10-6-19)26-29-30-27(23-11-7-20(2)8-12-23)31(26)25-15-13-21(14-16-25)24-4-3-17-28-18-24/h3-18H,1-2H3. The Balaban J connectivity index is 1.65. The second kappa shape index (κ2) is 8.00. The van der Waals surface area contributed by atoms with E-state index in [0.29, 0.717) is 0 Å². The maximum atomic E-state index is 4.57. The van der Waals surface area contributed by atoms with E-state index in [9.17, 15) is 0 Å². The molecule has 0 aliphatic heterocycles. The smallest absolute Gasteiger partial charge is 0.168 e. The quantitative estimate of drug-likeness (QED) is 0.355. The first kappa shape index (κ1) is 18.9. The van der Waals surface area contributed by atoms with Crippen LogP contribution in [0.3, 0.4) is 0 Å². The summed E-state index contributed by atoms with van der Waals surface area (Å²) < 4.78 is 2.13. The molecule has 0 amide bonds. The summed E-state index contributed by atoms with van der Waals surface area (Å²) in [5.41, 5.74) is 7.74. The molecule has 0 N–H and O–H groups in total. The van der Waals surface area contributed by atoms with E-state index in [0.717, 1.165) is 39.6 Å². The fourth-order valence-electron chi connectivity index (χ4n) is 3.64. The van der Waals surface area contributed by atoms with Gasteiger partial charge in [-0.05, 0) is 43.2 Å². The van der Waals surface area contributed by atoms with Gasteiger partial charge in [0.25, 0.3) is 0 Å². The zero-order valence-electron chi connectivity index (χ0n) is 17.5. The number of nitrogens with zero attached hydrogens (tertiary/aromatic N) is 4. The summed E-state index contributed by atoms with van der Waals surface area (Å²) in [6.45, 7) is 4.17. The Morgan fingerprint density at radius 3 is 1.55 bits per heavy atom.